The summed E-state index contributed by atoms with van der Waals surface area (Å²) in [5, 5.41) is 3.93. The number of nitrogens with one attached hydrogen (secondary N) is 2. The molecule has 1 aromatic heterocycles. The normalized spacial score (nSPS) is 22.8. The van der Waals surface area contributed by atoms with Crippen LogP contribution in [0.15, 0.2) is 84.9 Å². The van der Waals surface area contributed by atoms with E-state index in [4.69, 9.17) is 28.5 Å². The number of ether oxygens (including phenoxy) is 3. The molecule has 4 aliphatic heterocycles. The predicted octanol–water partition coefficient (Wildman–Crippen LogP) is 0.864. The topological polar surface area (TPSA) is 88.2 Å². The summed E-state index contributed by atoms with van der Waals surface area (Å²) in [4.78, 5) is 11.9. The van der Waals surface area contributed by atoms with E-state index in [9.17, 15) is 0 Å². The van der Waals surface area contributed by atoms with Crippen LogP contribution in [-0.2, 0) is 23.5 Å². The molecule has 0 saturated carbocycles. The van der Waals surface area contributed by atoms with Crippen molar-refractivity contribution in [2.45, 2.75) is 63.8 Å². The Labute approximate surface area is 299 Å². The van der Waals surface area contributed by atoms with Gasteiger partial charge in [0.1, 0.15) is 0 Å². The van der Waals surface area contributed by atoms with Gasteiger partial charge in [-0.05, 0) is 51.3 Å². The van der Waals surface area contributed by atoms with E-state index in [1.165, 1.54) is 24.0 Å². The smallest absolute Gasteiger partial charge is 0.656 e. The van der Waals surface area contributed by atoms with Crippen LogP contribution in [0.2, 0.25) is 0 Å². The molecule has 2 atom stereocenters. The predicted molar refractivity (Wildman–Crippen MR) is 192 cm³/mol. The van der Waals surface area contributed by atoms with Crippen LogP contribution >= 0.6 is 0 Å². The zero-order valence-electron chi connectivity index (χ0n) is 28.8. The van der Waals surface area contributed by atoms with Gasteiger partial charge < -0.3 is 28.5 Å². The molecule has 0 unspecified atom stereocenters. The maximum absolute atomic E-state index is 5.94. The van der Waals surface area contributed by atoms with Crippen LogP contribution in [0.3, 0.4) is 0 Å². The second kappa shape index (κ2) is 16.3. The molecule has 4 aromatic rings. The molecule has 0 bridgehead atoms. The fourth-order valence-electron chi connectivity index (χ4n) is 5.86. The van der Waals surface area contributed by atoms with Crippen molar-refractivity contribution in [3.8, 4) is 0 Å². The second-order valence-electron chi connectivity index (χ2n) is 13.2. The van der Waals surface area contributed by atoms with Gasteiger partial charge in [0.2, 0.25) is 19.8 Å². The summed E-state index contributed by atoms with van der Waals surface area (Å²) in [5.74, 6) is 1.48. The molecule has 0 amide bonds. The number of aromatic nitrogens is 1. The first-order chi connectivity index (χ1) is 22.8. The van der Waals surface area contributed by atoms with Gasteiger partial charge >= 0.3 is 34.8 Å². The summed E-state index contributed by atoms with van der Waals surface area (Å²) in [5.41, 5.74) is 2.27. The molecule has 8 rings (SSSR count). The van der Waals surface area contributed by atoms with Gasteiger partial charge in [-0.15, -0.1) is 10.7 Å². The summed E-state index contributed by atoms with van der Waals surface area (Å²) in [7, 11) is -0.556. The zero-order valence-corrected chi connectivity index (χ0v) is 30.2. The van der Waals surface area contributed by atoms with Crippen molar-refractivity contribution in [3.63, 3.8) is 0 Å². The van der Waals surface area contributed by atoms with E-state index in [0.29, 0.717) is 13.2 Å². The maximum atomic E-state index is 5.94. The van der Waals surface area contributed by atoms with Crippen molar-refractivity contribution in [1.29, 1.82) is 0 Å². The van der Waals surface area contributed by atoms with E-state index in [0.717, 1.165) is 46.5 Å². The van der Waals surface area contributed by atoms with Gasteiger partial charge in [0.05, 0.1) is 0 Å². The molecule has 4 aliphatic rings. The van der Waals surface area contributed by atoms with Crippen molar-refractivity contribution in [2.75, 3.05) is 26.4 Å². The summed E-state index contributed by atoms with van der Waals surface area (Å²) < 4.78 is 27.7. The minimum Gasteiger partial charge on any atom is -0.656 e. The van der Waals surface area contributed by atoms with Gasteiger partial charge in [0, 0.05) is 47.7 Å². The first-order valence-electron chi connectivity index (χ1n) is 16.8. The summed E-state index contributed by atoms with van der Waals surface area (Å²) in [6.07, 6.45) is 6.53. The van der Waals surface area contributed by atoms with E-state index < -0.39 is 7.69 Å². The van der Waals surface area contributed by atoms with Crippen LogP contribution in [0.5, 0.6) is 0 Å². The molecule has 2 fully saturated rings. The van der Waals surface area contributed by atoms with Gasteiger partial charge in [0.25, 0.3) is 0 Å². The van der Waals surface area contributed by atoms with Crippen molar-refractivity contribution >= 4 is 65.5 Å². The van der Waals surface area contributed by atoms with Crippen LogP contribution in [0.25, 0.3) is 22.9 Å². The number of hydrogen-bond donors (Lipinski definition) is 2. The SMILES string of the molecule is C(/C1=[NH+][C@@H](c2ccccc2)CO1)=c1/[n-]/c(=C\C2=[NH+][C@@H](c3ccccc3)CO2)c2ccccc12.C1CCOC1.CC1(C)O[BH2-]OC1(C)C.[Mg+2]. The van der Waals surface area contributed by atoms with Crippen LogP contribution in [-0.4, -0.2) is 80.2 Å². The Kier molecular flexibility index (Phi) is 12.2. The van der Waals surface area contributed by atoms with Gasteiger partial charge in [-0.25, -0.2) is 9.98 Å². The molecule has 2 saturated heterocycles. The summed E-state index contributed by atoms with van der Waals surface area (Å²) in [6.45, 7) is 11.5. The van der Waals surface area contributed by atoms with Gasteiger partial charge in [-0.2, -0.15) is 0 Å². The quantitative estimate of drug-likeness (QED) is 0.317. The van der Waals surface area contributed by atoms with Crippen molar-refractivity contribution in [2.24, 2.45) is 0 Å². The van der Waals surface area contributed by atoms with E-state index >= 15 is 0 Å². The third-order valence-electron chi connectivity index (χ3n) is 9.57. The Morgan fingerprint density at radius 2 is 1.06 bits per heavy atom. The molecule has 48 heavy (non-hydrogen) atoms. The molecule has 0 aliphatic carbocycles. The first-order valence-corrected chi connectivity index (χ1v) is 16.8. The number of nitrogens with zero attached hydrogens (tertiary/aromatic N) is 1. The van der Waals surface area contributed by atoms with Crippen molar-refractivity contribution in [1.82, 2.24) is 4.98 Å². The van der Waals surface area contributed by atoms with Gasteiger partial charge in [0.15, 0.2) is 13.2 Å². The summed E-state index contributed by atoms with van der Waals surface area (Å²) >= 11 is 0. The molecule has 8 nitrogen and oxygen atoms in total. The number of hydrogen-bond acceptors (Lipinski definition) is 5. The van der Waals surface area contributed by atoms with E-state index in [1.54, 1.807) is 0 Å². The van der Waals surface area contributed by atoms with Gasteiger partial charge in [-0.3, -0.25) is 0 Å². The zero-order chi connectivity index (χ0) is 32.7. The molecular formula is C38H46BMgN3O5+2. The average molecular weight is 660 g/mol. The molecule has 246 valence electrons. The Balaban J connectivity index is 0.000000250. The van der Waals surface area contributed by atoms with Crippen LogP contribution < -0.4 is 25.7 Å². The summed E-state index contributed by atoms with van der Waals surface area (Å²) in [6, 6.07) is 29.2. The fraction of sp³-hybridized carbons (Fsp3) is 0.368. The Morgan fingerprint density at radius 3 is 1.42 bits per heavy atom. The maximum Gasteiger partial charge on any atom is 2.00 e. The first kappa shape index (κ1) is 35.9. The van der Waals surface area contributed by atoms with Crippen LogP contribution in [0.1, 0.15) is 63.7 Å². The van der Waals surface area contributed by atoms with Crippen molar-refractivity contribution in [3.05, 3.63) is 107 Å². The third-order valence-corrected chi connectivity index (χ3v) is 9.57. The third kappa shape index (κ3) is 8.78. The van der Waals surface area contributed by atoms with Crippen LogP contribution in [0.4, 0.5) is 0 Å². The van der Waals surface area contributed by atoms with E-state index in [-0.39, 0.29) is 46.3 Å². The standard InChI is InChI=1S/C28H22N3O2.C6H14BO2.C4H8O.Mg/c1-3-9-19(10-4-1)25-17-32-27(30-25)15-23-21-13-7-8-14-22(21)24(29-23)16-28-31-26(18-33-28)20-11-5-2-6-12-20;1-5(2)6(3,4)9-7-8-5;1-2-4-5-3-1;/h1-16,25-26H,17-18H2;7H2,1-4H3;1-4H2;/q2*-1;;+2/p+2/b23-15-,24-16-;;;/t25-,26-;;;/m1.../s1. The van der Waals surface area contributed by atoms with Crippen molar-refractivity contribution < 1.29 is 33.5 Å². The van der Waals surface area contributed by atoms with E-state index in [1.807, 2.05) is 60.7 Å². The molecule has 5 heterocycles. The molecule has 0 spiro atoms. The van der Waals surface area contributed by atoms with Gasteiger partial charge in [-0.1, -0.05) is 84.9 Å². The minimum atomic E-state index is -0.556. The average Bonchev–Trinajstić information content (AvgIpc) is 3.94. The monoisotopic (exact) mass is 659 g/mol. The number of fused-ring (bicyclic) bond motifs is 1. The largest absolute Gasteiger partial charge is 2.00 e. The Hall–Kier alpha value is -3.41. The van der Waals surface area contributed by atoms with E-state index in [2.05, 4.69) is 74.1 Å². The Bertz CT molecular complexity index is 1690. The number of rotatable bonds is 4. The number of benzene rings is 3. The molecule has 2 N–H and O–H groups in total. The minimum absolute atomic E-state index is 0. The molecule has 10 heteroatoms. The molecule has 0 radical (unpaired) electrons. The fourth-order valence-corrected chi connectivity index (χ4v) is 5.86. The van der Waals surface area contributed by atoms with Crippen LogP contribution in [0, 0.1) is 0 Å². The molecule has 3 aromatic carbocycles. The second-order valence-corrected chi connectivity index (χ2v) is 13.2. The molecular weight excluding hydrogens is 614 g/mol. The Morgan fingerprint density at radius 1 is 0.646 bits per heavy atom.